The Labute approximate surface area is 132 Å². The van der Waals surface area contributed by atoms with Crippen molar-refractivity contribution in [3.05, 3.63) is 35.9 Å². The summed E-state index contributed by atoms with van der Waals surface area (Å²) in [5.74, 6) is 0.0565. The molecule has 120 valence electrons. The zero-order valence-corrected chi connectivity index (χ0v) is 13.6. The van der Waals surface area contributed by atoms with E-state index >= 15 is 0 Å². The molecule has 1 saturated heterocycles. The van der Waals surface area contributed by atoms with Gasteiger partial charge >= 0.3 is 0 Å². The van der Waals surface area contributed by atoms with Crippen LogP contribution >= 0.6 is 0 Å². The smallest absolute Gasteiger partial charge is 0.239 e. The number of benzene rings is 1. The Morgan fingerprint density at radius 3 is 2.05 bits per heavy atom. The van der Waals surface area contributed by atoms with E-state index in [4.69, 9.17) is 5.73 Å². The van der Waals surface area contributed by atoms with Gasteiger partial charge in [-0.15, -0.1) is 0 Å². The average Bonchev–Trinajstić information content (AvgIpc) is 2.54. The molecule has 0 unspecified atom stereocenters. The van der Waals surface area contributed by atoms with Gasteiger partial charge < -0.3 is 15.5 Å². The van der Waals surface area contributed by atoms with E-state index < -0.39 is 11.5 Å². The van der Waals surface area contributed by atoms with Gasteiger partial charge in [0.1, 0.15) is 0 Å². The highest BCUT2D eigenvalue weighted by atomic mass is 16.2. The lowest BCUT2D eigenvalue weighted by Gasteiger charge is -2.39. The molecule has 5 nitrogen and oxygen atoms in total. The van der Waals surface area contributed by atoms with E-state index in [1.807, 2.05) is 49.1 Å². The highest BCUT2D eigenvalue weighted by molar-refractivity contribution is 5.88. The number of piperazine rings is 1. The highest BCUT2D eigenvalue weighted by Crippen LogP contribution is 2.26. The predicted octanol–water partition coefficient (Wildman–Crippen LogP) is 0.982. The molecule has 1 aromatic carbocycles. The fourth-order valence-electron chi connectivity index (χ4n) is 2.79. The van der Waals surface area contributed by atoms with Crippen LogP contribution in [0.1, 0.15) is 26.3 Å². The fourth-order valence-corrected chi connectivity index (χ4v) is 2.79. The summed E-state index contributed by atoms with van der Waals surface area (Å²) in [5, 5.41) is 0. The number of hydrogen-bond donors (Lipinski definition) is 1. The molecule has 2 rings (SSSR count). The molecular formula is C17H25N3O2. The van der Waals surface area contributed by atoms with Crippen LogP contribution in [0.25, 0.3) is 0 Å². The molecule has 0 bridgehead atoms. The second kappa shape index (κ2) is 6.48. The van der Waals surface area contributed by atoms with Crippen molar-refractivity contribution in [2.24, 2.45) is 5.73 Å². The van der Waals surface area contributed by atoms with Gasteiger partial charge in [0.05, 0.1) is 11.5 Å². The first-order valence-corrected chi connectivity index (χ1v) is 7.73. The number of nitrogens with two attached hydrogens (primary N) is 1. The van der Waals surface area contributed by atoms with E-state index in [0.29, 0.717) is 26.2 Å². The number of rotatable bonds is 3. The molecular weight excluding hydrogens is 278 g/mol. The van der Waals surface area contributed by atoms with E-state index in [1.165, 1.54) is 0 Å². The summed E-state index contributed by atoms with van der Waals surface area (Å²) in [5.41, 5.74) is 6.08. The van der Waals surface area contributed by atoms with Gasteiger partial charge in [-0.1, -0.05) is 30.3 Å². The number of hydrogen-bond acceptors (Lipinski definition) is 3. The first-order valence-electron chi connectivity index (χ1n) is 7.73. The van der Waals surface area contributed by atoms with E-state index in [9.17, 15) is 9.59 Å². The molecule has 0 spiro atoms. The monoisotopic (exact) mass is 303 g/mol. The van der Waals surface area contributed by atoms with Crippen LogP contribution in [0.3, 0.4) is 0 Å². The molecule has 2 N–H and O–H groups in total. The third-order valence-corrected chi connectivity index (χ3v) is 4.30. The van der Waals surface area contributed by atoms with Crippen LogP contribution in [0.5, 0.6) is 0 Å². The number of carbonyl (C=O) groups is 2. The molecule has 0 saturated carbocycles. The van der Waals surface area contributed by atoms with Gasteiger partial charge in [0.15, 0.2) is 0 Å². The van der Waals surface area contributed by atoms with Gasteiger partial charge in [0.2, 0.25) is 11.8 Å². The van der Waals surface area contributed by atoms with Crippen molar-refractivity contribution in [2.75, 3.05) is 26.2 Å². The SMILES string of the molecule is C[C@@H](N)C(=O)N1CCN(C(=O)C(C)(C)c2ccccc2)CC1. The molecule has 1 heterocycles. The maximum absolute atomic E-state index is 12.8. The van der Waals surface area contributed by atoms with Crippen molar-refractivity contribution in [3.63, 3.8) is 0 Å². The fraction of sp³-hybridized carbons (Fsp3) is 0.529. The Bertz CT molecular complexity index is 532. The largest absolute Gasteiger partial charge is 0.338 e. The molecule has 1 fully saturated rings. The average molecular weight is 303 g/mol. The molecule has 1 aromatic rings. The molecule has 1 aliphatic heterocycles. The molecule has 0 radical (unpaired) electrons. The molecule has 22 heavy (non-hydrogen) atoms. The van der Waals surface area contributed by atoms with Crippen LogP contribution in [0, 0.1) is 0 Å². The van der Waals surface area contributed by atoms with Gasteiger partial charge in [-0.2, -0.15) is 0 Å². The van der Waals surface area contributed by atoms with E-state index in [2.05, 4.69) is 0 Å². The predicted molar refractivity (Wildman–Crippen MR) is 86.3 cm³/mol. The minimum Gasteiger partial charge on any atom is -0.338 e. The second-order valence-corrected chi connectivity index (χ2v) is 6.40. The van der Waals surface area contributed by atoms with Crippen LogP contribution in [-0.4, -0.2) is 53.8 Å². The summed E-state index contributed by atoms with van der Waals surface area (Å²) < 4.78 is 0. The van der Waals surface area contributed by atoms with Gasteiger partial charge in [-0.25, -0.2) is 0 Å². The molecule has 5 heteroatoms. The second-order valence-electron chi connectivity index (χ2n) is 6.40. The van der Waals surface area contributed by atoms with E-state index in [0.717, 1.165) is 5.56 Å². The first-order chi connectivity index (χ1) is 10.3. The number of nitrogens with zero attached hydrogens (tertiary/aromatic N) is 2. The Hall–Kier alpha value is -1.88. The zero-order valence-electron chi connectivity index (χ0n) is 13.6. The normalized spacial score (nSPS) is 17.3. The molecule has 0 aliphatic carbocycles. The molecule has 0 aromatic heterocycles. The van der Waals surface area contributed by atoms with Crippen LogP contribution in [0.2, 0.25) is 0 Å². The van der Waals surface area contributed by atoms with Gasteiger partial charge in [-0.05, 0) is 26.3 Å². The maximum Gasteiger partial charge on any atom is 0.239 e. The number of carbonyl (C=O) groups excluding carboxylic acids is 2. The number of amides is 2. The van der Waals surface area contributed by atoms with Crippen molar-refractivity contribution < 1.29 is 9.59 Å². The zero-order chi connectivity index (χ0) is 16.3. The third kappa shape index (κ3) is 3.30. The standard InChI is InChI=1S/C17H25N3O2/c1-13(18)15(21)19-9-11-20(12-10-19)16(22)17(2,3)14-7-5-4-6-8-14/h4-8,13H,9-12,18H2,1-3H3/t13-/m1/s1. The van der Waals surface area contributed by atoms with Crippen molar-refractivity contribution in [2.45, 2.75) is 32.2 Å². The van der Waals surface area contributed by atoms with Gasteiger partial charge in [-0.3, -0.25) is 9.59 Å². The van der Waals surface area contributed by atoms with Crippen molar-refractivity contribution >= 4 is 11.8 Å². The lowest BCUT2D eigenvalue weighted by Crippen LogP contribution is -2.56. The van der Waals surface area contributed by atoms with Crippen LogP contribution in [-0.2, 0) is 15.0 Å². The Kier molecular flexibility index (Phi) is 4.86. The van der Waals surface area contributed by atoms with Crippen LogP contribution < -0.4 is 5.73 Å². The summed E-state index contributed by atoms with van der Waals surface area (Å²) in [4.78, 5) is 28.3. The Morgan fingerprint density at radius 2 is 1.55 bits per heavy atom. The lowest BCUT2D eigenvalue weighted by atomic mass is 9.83. The van der Waals surface area contributed by atoms with Gasteiger partial charge in [0, 0.05) is 26.2 Å². The quantitative estimate of drug-likeness (QED) is 0.905. The van der Waals surface area contributed by atoms with Crippen molar-refractivity contribution in [3.8, 4) is 0 Å². The summed E-state index contributed by atoms with van der Waals surface area (Å²) in [6.07, 6.45) is 0. The van der Waals surface area contributed by atoms with Crippen LogP contribution in [0.15, 0.2) is 30.3 Å². The lowest BCUT2D eigenvalue weighted by molar-refractivity contribution is -0.143. The third-order valence-electron chi connectivity index (χ3n) is 4.30. The summed E-state index contributed by atoms with van der Waals surface area (Å²) in [6.45, 7) is 7.82. The minimum absolute atomic E-state index is 0.0468. The first kappa shape index (κ1) is 16.5. The van der Waals surface area contributed by atoms with E-state index in [1.54, 1.807) is 11.8 Å². The molecule has 1 atom stereocenters. The summed E-state index contributed by atoms with van der Waals surface area (Å²) >= 11 is 0. The summed E-state index contributed by atoms with van der Waals surface area (Å²) in [6, 6.07) is 9.32. The molecule has 1 aliphatic rings. The topological polar surface area (TPSA) is 66.6 Å². The maximum atomic E-state index is 12.8. The minimum atomic E-state index is -0.561. The Balaban J connectivity index is 2.02. The highest BCUT2D eigenvalue weighted by Gasteiger charge is 2.35. The van der Waals surface area contributed by atoms with Gasteiger partial charge in [0.25, 0.3) is 0 Å². The van der Waals surface area contributed by atoms with Crippen LogP contribution in [0.4, 0.5) is 0 Å². The molecule has 2 amide bonds. The van der Waals surface area contributed by atoms with Crippen molar-refractivity contribution in [1.29, 1.82) is 0 Å². The Morgan fingerprint density at radius 1 is 1.05 bits per heavy atom. The summed E-state index contributed by atoms with van der Waals surface area (Å²) in [7, 11) is 0. The van der Waals surface area contributed by atoms with Crippen molar-refractivity contribution in [1.82, 2.24) is 9.80 Å². The van der Waals surface area contributed by atoms with E-state index in [-0.39, 0.29) is 11.8 Å².